The van der Waals surface area contributed by atoms with Gasteiger partial charge in [-0.15, -0.1) is 0 Å². The fourth-order valence-electron chi connectivity index (χ4n) is 0.980. The zero-order chi connectivity index (χ0) is 12.1. The molecule has 7 nitrogen and oxygen atoms in total. The SMILES string of the molecule is CCOc1c(N)nsc1NCC(O)C(N)=O. The van der Waals surface area contributed by atoms with Crippen molar-refractivity contribution in [2.24, 2.45) is 5.73 Å². The van der Waals surface area contributed by atoms with Crippen LogP contribution >= 0.6 is 11.5 Å². The van der Waals surface area contributed by atoms with Crippen LogP contribution in [0.4, 0.5) is 10.8 Å². The van der Waals surface area contributed by atoms with Crippen LogP contribution in [0.2, 0.25) is 0 Å². The number of nitrogens with one attached hydrogen (secondary N) is 1. The van der Waals surface area contributed by atoms with Crippen molar-refractivity contribution in [3.05, 3.63) is 0 Å². The van der Waals surface area contributed by atoms with Gasteiger partial charge in [0, 0.05) is 0 Å². The molecule has 0 spiro atoms. The summed E-state index contributed by atoms with van der Waals surface area (Å²) in [4.78, 5) is 10.6. The molecule has 90 valence electrons. The van der Waals surface area contributed by atoms with Gasteiger partial charge in [-0.1, -0.05) is 0 Å². The zero-order valence-corrected chi connectivity index (χ0v) is 9.58. The van der Waals surface area contributed by atoms with Gasteiger partial charge in [-0.25, -0.2) is 0 Å². The van der Waals surface area contributed by atoms with Crippen molar-refractivity contribution in [2.45, 2.75) is 13.0 Å². The molecule has 1 aromatic rings. The summed E-state index contributed by atoms with van der Waals surface area (Å²) < 4.78 is 9.16. The fourth-order valence-corrected chi connectivity index (χ4v) is 1.65. The first-order valence-corrected chi connectivity index (χ1v) is 5.42. The number of anilines is 2. The van der Waals surface area contributed by atoms with Crippen LogP contribution < -0.4 is 21.5 Å². The molecule has 8 heteroatoms. The van der Waals surface area contributed by atoms with Gasteiger partial charge in [-0.3, -0.25) is 4.79 Å². The number of hydrogen-bond donors (Lipinski definition) is 4. The molecule has 0 bridgehead atoms. The summed E-state index contributed by atoms with van der Waals surface area (Å²) in [6.45, 7) is 2.27. The van der Waals surface area contributed by atoms with Crippen molar-refractivity contribution in [2.75, 3.05) is 24.2 Å². The molecule has 0 saturated heterocycles. The number of nitrogen functional groups attached to an aromatic ring is 1. The summed E-state index contributed by atoms with van der Waals surface area (Å²) in [5, 5.41) is 12.6. The Bertz CT molecular complexity index is 368. The molecule has 1 atom stereocenters. The summed E-state index contributed by atoms with van der Waals surface area (Å²) in [6, 6.07) is 0. The molecular formula is C8H14N4O3S. The van der Waals surface area contributed by atoms with Gasteiger partial charge >= 0.3 is 0 Å². The minimum atomic E-state index is -1.25. The molecule has 1 aromatic heterocycles. The van der Waals surface area contributed by atoms with Crippen molar-refractivity contribution in [3.8, 4) is 5.75 Å². The Labute approximate surface area is 96.6 Å². The number of aliphatic hydroxyl groups excluding tert-OH is 1. The Morgan fingerprint density at radius 3 is 3.00 bits per heavy atom. The number of ether oxygens (including phenoxy) is 1. The summed E-state index contributed by atoms with van der Waals surface area (Å²) in [7, 11) is 0. The fraction of sp³-hybridized carbons (Fsp3) is 0.500. The lowest BCUT2D eigenvalue weighted by Crippen LogP contribution is -2.34. The summed E-state index contributed by atoms with van der Waals surface area (Å²) in [6.07, 6.45) is -1.25. The minimum absolute atomic E-state index is 0.00294. The highest BCUT2D eigenvalue weighted by Crippen LogP contribution is 2.34. The van der Waals surface area contributed by atoms with Gasteiger partial charge in [0.15, 0.2) is 16.6 Å². The second-order valence-corrected chi connectivity index (χ2v) is 3.73. The second-order valence-electron chi connectivity index (χ2n) is 2.96. The molecule has 16 heavy (non-hydrogen) atoms. The number of nitrogens with two attached hydrogens (primary N) is 2. The van der Waals surface area contributed by atoms with Gasteiger partial charge < -0.3 is 26.6 Å². The average Bonchev–Trinajstić information content (AvgIpc) is 2.58. The number of primary amides is 1. The van der Waals surface area contributed by atoms with Crippen molar-refractivity contribution in [1.82, 2.24) is 4.37 Å². The van der Waals surface area contributed by atoms with E-state index >= 15 is 0 Å². The predicted molar refractivity (Wildman–Crippen MR) is 61.4 cm³/mol. The topological polar surface area (TPSA) is 123 Å². The van der Waals surface area contributed by atoms with E-state index in [4.69, 9.17) is 16.2 Å². The molecule has 0 aliphatic heterocycles. The Morgan fingerprint density at radius 1 is 1.75 bits per heavy atom. The number of rotatable bonds is 6. The van der Waals surface area contributed by atoms with Crippen molar-refractivity contribution in [3.63, 3.8) is 0 Å². The third-order valence-electron chi connectivity index (χ3n) is 1.75. The molecule has 0 aliphatic carbocycles. The smallest absolute Gasteiger partial charge is 0.248 e. The number of nitrogens with zero attached hydrogens (tertiary/aromatic N) is 1. The Balaban J connectivity index is 2.63. The van der Waals surface area contributed by atoms with Gasteiger partial charge in [-0.2, -0.15) is 4.37 Å². The Kier molecular flexibility index (Phi) is 4.32. The van der Waals surface area contributed by atoms with Crippen LogP contribution in [0.5, 0.6) is 5.75 Å². The largest absolute Gasteiger partial charge is 0.487 e. The van der Waals surface area contributed by atoms with Crippen LogP contribution in [0.25, 0.3) is 0 Å². The highest BCUT2D eigenvalue weighted by atomic mass is 32.1. The highest BCUT2D eigenvalue weighted by molar-refractivity contribution is 7.11. The maximum atomic E-state index is 10.6. The van der Waals surface area contributed by atoms with Crippen LogP contribution in [-0.2, 0) is 4.79 Å². The summed E-state index contributed by atoms with van der Waals surface area (Å²) in [5.74, 6) is -0.0740. The molecule has 1 rings (SSSR count). The maximum Gasteiger partial charge on any atom is 0.248 e. The van der Waals surface area contributed by atoms with E-state index in [1.165, 1.54) is 0 Å². The normalized spacial score (nSPS) is 12.1. The van der Waals surface area contributed by atoms with Gasteiger partial charge in [0.25, 0.3) is 0 Å². The Hall–Kier alpha value is -1.54. The molecule has 1 unspecified atom stereocenters. The zero-order valence-electron chi connectivity index (χ0n) is 8.77. The first kappa shape index (κ1) is 12.5. The molecular weight excluding hydrogens is 232 g/mol. The van der Waals surface area contributed by atoms with Gasteiger partial charge in [0.1, 0.15) is 6.10 Å². The van der Waals surface area contributed by atoms with Crippen LogP contribution in [0.3, 0.4) is 0 Å². The number of aromatic nitrogens is 1. The molecule has 0 saturated carbocycles. The first-order valence-electron chi connectivity index (χ1n) is 4.65. The maximum absolute atomic E-state index is 10.6. The van der Waals surface area contributed by atoms with E-state index in [1.807, 2.05) is 6.92 Å². The molecule has 0 fully saturated rings. The molecule has 0 radical (unpaired) electrons. The van der Waals surface area contributed by atoms with Crippen molar-refractivity contribution in [1.29, 1.82) is 0 Å². The van der Waals surface area contributed by atoms with E-state index in [0.717, 1.165) is 11.5 Å². The van der Waals surface area contributed by atoms with E-state index in [0.29, 0.717) is 17.4 Å². The molecule has 1 amide bonds. The van der Waals surface area contributed by atoms with Crippen LogP contribution in [-0.4, -0.2) is 34.6 Å². The molecule has 1 heterocycles. The van der Waals surface area contributed by atoms with Gasteiger partial charge in [0.2, 0.25) is 5.91 Å². The monoisotopic (exact) mass is 246 g/mol. The van der Waals surface area contributed by atoms with Crippen LogP contribution in [0, 0.1) is 0 Å². The molecule has 0 aliphatic rings. The lowest BCUT2D eigenvalue weighted by atomic mass is 10.3. The number of carbonyl (C=O) groups excluding carboxylic acids is 1. The van der Waals surface area contributed by atoms with Crippen molar-refractivity contribution >= 4 is 28.3 Å². The van der Waals surface area contributed by atoms with Gasteiger partial charge in [0.05, 0.1) is 13.2 Å². The average molecular weight is 246 g/mol. The van der Waals surface area contributed by atoms with Crippen LogP contribution in [0.1, 0.15) is 6.92 Å². The second kappa shape index (κ2) is 5.52. The summed E-state index contributed by atoms with van der Waals surface area (Å²) >= 11 is 1.10. The van der Waals surface area contributed by atoms with E-state index < -0.39 is 12.0 Å². The lowest BCUT2D eigenvalue weighted by molar-refractivity contribution is -0.125. The number of aliphatic hydroxyl groups is 1. The lowest BCUT2D eigenvalue weighted by Gasteiger charge is -2.09. The van der Waals surface area contributed by atoms with E-state index in [9.17, 15) is 9.90 Å². The number of amides is 1. The first-order chi connectivity index (χ1) is 7.56. The van der Waals surface area contributed by atoms with E-state index in [1.54, 1.807) is 0 Å². The summed E-state index contributed by atoms with van der Waals surface area (Å²) in [5.41, 5.74) is 10.5. The van der Waals surface area contributed by atoms with Crippen molar-refractivity contribution < 1.29 is 14.6 Å². The minimum Gasteiger partial charge on any atom is -0.487 e. The third kappa shape index (κ3) is 2.97. The standard InChI is InChI=1S/C8H14N4O3S/c1-2-15-5-6(9)12-16-8(5)11-3-4(13)7(10)14/h4,11,13H,2-3H2,1H3,(H2,9,12)(H2,10,14). The van der Waals surface area contributed by atoms with E-state index in [2.05, 4.69) is 9.69 Å². The highest BCUT2D eigenvalue weighted by Gasteiger charge is 2.15. The predicted octanol–water partition coefficient (Wildman–Crippen LogP) is -0.618. The van der Waals surface area contributed by atoms with E-state index in [-0.39, 0.29) is 12.4 Å². The van der Waals surface area contributed by atoms with Crippen LogP contribution in [0.15, 0.2) is 0 Å². The molecule has 6 N–H and O–H groups in total. The number of carbonyl (C=O) groups is 1. The number of hydrogen-bond acceptors (Lipinski definition) is 7. The quantitative estimate of drug-likeness (QED) is 0.530. The van der Waals surface area contributed by atoms with Gasteiger partial charge in [-0.05, 0) is 18.5 Å². The third-order valence-corrected chi connectivity index (χ3v) is 2.55. The molecule has 0 aromatic carbocycles. The Morgan fingerprint density at radius 2 is 2.44 bits per heavy atom.